The van der Waals surface area contributed by atoms with Crippen LogP contribution in [0.1, 0.15) is 29.8 Å². The molecule has 1 N–H and O–H groups in total. The van der Waals surface area contributed by atoms with Crippen LogP contribution in [0.25, 0.3) is 17.2 Å². The van der Waals surface area contributed by atoms with Crippen LogP contribution in [0.5, 0.6) is 5.75 Å². The molecule has 0 spiro atoms. The number of hydrogen-bond donors (Lipinski definition) is 1. The maximum Gasteiger partial charge on any atom is 0.338 e. The van der Waals surface area contributed by atoms with E-state index in [9.17, 15) is 4.79 Å². The summed E-state index contributed by atoms with van der Waals surface area (Å²) in [5.41, 5.74) is 4.81. The summed E-state index contributed by atoms with van der Waals surface area (Å²) in [4.78, 5) is 12.9. The monoisotopic (exact) mass is 385 g/mol. The van der Waals surface area contributed by atoms with E-state index in [2.05, 4.69) is 5.32 Å². The van der Waals surface area contributed by atoms with Gasteiger partial charge in [-0.15, -0.1) is 0 Å². The van der Waals surface area contributed by atoms with E-state index >= 15 is 0 Å². The Morgan fingerprint density at radius 2 is 1.76 bits per heavy atom. The topological polar surface area (TPSA) is 47.6 Å². The number of fused-ring (bicyclic) bond motifs is 1. The van der Waals surface area contributed by atoms with E-state index in [0.717, 1.165) is 33.8 Å². The first-order valence-electron chi connectivity index (χ1n) is 9.78. The zero-order valence-corrected chi connectivity index (χ0v) is 16.5. The maximum atomic E-state index is 12.9. The summed E-state index contributed by atoms with van der Waals surface area (Å²) in [7, 11) is 0. The predicted octanol–water partition coefficient (Wildman–Crippen LogP) is 6.07. The Morgan fingerprint density at radius 1 is 1.07 bits per heavy atom. The highest BCUT2D eigenvalue weighted by molar-refractivity contribution is 6.03. The molecule has 4 rings (SSSR count). The van der Waals surface area contributed by atoms with Gasteiger partial charge in [0.15, 0.2) is 5.75 Å². The van der Waals surface area contributed by atoms with Gasteiger partial charge in [-0.05, 0) is 43.7 Å². The molecule has 3 aromatic rings. The highest BCUT2D eigenvalue weighted by atomic mass is 16.5. The molecule has 0 bridgehead atoms. The third kappa shape index (κ3) is 3.87. The summed E-state index contributed by atoms with van der Waals surface area (Å²) in [5, 5.41) is 3.40. The molecule has 4 nitrogen and oxygen atoms in total. The number of nitrogens with one attached hydrogen (secondary N) is 1. The number of carbonyl (C=O) groups excluding carboxylic acids is 1. The number of benzene rings is 3. The predicted molar refractivity (Wildman–Crippen MR) is 117 cm³/mol. The molecule has 1 unspecified atom stereocenters. The van der Waals surface area contributed by atoms with Crippen molar-refractivity contribution in [1.29, 1.82) is 0 Å². The Kier molecular flexibility index (Phi) is 5.34. The molecule has 29 heavy (non-hydrogen) atoms. The van der Waals surface area contributed by atoms with Crippen LogP contribution in [0.4, 0.5) is 11.4 Å². The lowest BCUT2D eigenvalue weighted by Crippen LogP contribution is -2.16. The van der Waals surface area contributed by atoms with E-state index in [1.54, 1.807) is 0 Å². The van der Waals surface area contributed by atoms with Gasteiger partial charge in [-0.25, -0.2) is 4.79 Å². The second kappa shape index (κ2) is 8.23. The fourth-order valence-corrected chi connectivity index (χ4v) is 3.48. The highest BCUT2D eigenvalue weighted by Crippen LogP contribution is 2.44. The van der Waals surface area contributed by atoms with Crippen molar-refractivity contribution in [3.05, 3.63) is 83.9 Å². The van der Waals surface area contributed by atoms with Crippen molar-refractivity contribution < 1.29 is 14.3 Å². The smallest absolute Gasteiger partial charge is 0.338 e. The third-order valence-electron chi connectivity index (χ3n) is 4.76. The first-order chi connectivity index (χ1) is 14.2. The van der Waals surface area contributed by atoms with Gasteiger partial charge < -0.3 is 14.8 Å². The Bertz CT molecular complexity index is 1040. The number of carbonyl (C=O) groups is 1. The van der Waals surface area contributed by atoms with Gasteiger partial charge in [0, 0.05) is 16.8 Å². The minimum Gasteiger partial charge on any atom is -0.484 e. The van der Waals surface area contributed by atoms with E-state index in [1.807, 2.05) is 92.7 Å². The first-order valence-corrected chi connectivity index (χ1v) is 9.78. The average Bonchev–Trinajstić information content (AvgIpc) is 2.75. The SMILES string of the molecule is CCOC(=O)c1cc(Nc2ccccc2)c2c(c1-c1ccccc1)C=CC(C)O2. The van der Waals surface area contributed by atoms with Crippen molar-refractivity contribution in [2.75, 3.05) is 11.9 Å². The Hall–Kier alpha value is -3.53. The molecular weight excluding hydrogens is 362 g/mol. The van der Waals surface area contributed by atoms with Crippen LogP contribution < -0.4 is 10.1 Å². The number of rotatable bonds is 5. The van der Waals surface area contributed by atoms with Gasteiger partial charge in [-0.3, -0.25) is 0 Å². The molecule has 0 amide bonds. The number of ether oxygens (including phenoxy) is 2. The average molecular weight is 385 g/mol. The Morgan fingerprint density at radius 3 is 2.45 bits per heavy atom. The standard InChI is InChI=1S/C25H23NO3/c1-3-28-25(27)21-16-22(26-19-12-8-5-9-13-19)24-20(15-14-17(2)29-24)23(21)18-10-6-4-7-11-18/h4-17,26H,3H2,1-2H3. The summed E-state index contributed by atoms with van der Waals surface area (Å²) in [6, 6.07) is 21.5. The van der Waals surface area contributed by atoms with Crippen LogP contribution in [-0.2, 0) is 4.74 Å². The molecule has 0 fully saturated rings. The van der Waals surface area contributed by atoms with Gasteiger partial charge in [-0.1, -0.05) is 54.6 Å². The second-order valence-electron chi connectivity index (χ2n) is 6.85. The fourth-order valence-electron chi connectivity index (χ4n) is 3.48. The fraction of sp³-hybridized carbons (Fsp3) is 0.160. The molecule has 1 atom stereocenters. The number of anilines is 2. The van der Waals surface area contributed by atoms with Gasteiger partial charge in [0.2, 0.25) is 0 Å². The van der Waals surface area contributed by atoms with E-state index in [4.69, 9.17) is 9.47 Å². The molecular formula is C25H23NO3. The summed E-state index contributed by atoms with van der Waals surface area (Å²) in [6.45, 7) is 4.12. The van der Waals surface area contributed by atoms with Gasteiger partial charge in [0.05, 0.1) is 17.9 Å². The van der Waals surface area contributed by atoms with Crippen LogP contribution in [0.3, 0.4) is 0 Å². The van der Waals surface area contributed by atoms with Crippen LogP contribution in [0.2, 0.25) is 0 Å². The zero-order valence-electron chi connectivity index (χ0n) is 16.5. The van der Waals surface area contributed by atoms with E-state index in [-0.39, 0.29) is 12.1 Å². The second-order valence-corrected chi connectivity index (χ2v) is 6.85. The molecule has 1 aliphatic heterocycles. The Labute approximate surface area is 170 Å². The van der Waals surface area contributed by atoms with Gasteiger partial charge in [-0.2, -0.15) is 0 Å². The van der Waals surface area contributed by atoms with Crippen molar-refractivity contribution in [2.24, 2.45) is 0 Å². The first kappa shape index (κ1) is 18.8. The summed E-state index contributed by atoms with van der Waals surface area (Å²) < 4.78 is 11.6. The molecule has 0 aliphatic carbocycles. The summed E-state index contributed by atoms with van der Waals surface area (Å²) in [6.07, 6.45) is 3.97. The van der Waals surface area contributed by atoms with Gasteiger partial charge in [0.25, 0.3) is 0 Å². The third-order valence-corrected chi connectivity index (χ3v) is 4.76. The van der Waals surface area contributed by atoms with Crippen molar-refractivity contribution in [3.63, 3.8) is 0 Å². The molecule has 1 aliphatic rings. The van der Waals surface area contributed by atoms with Crippen molar-refractivity contribution in [3.8, 4) is 16.9 Å². The lowest BCUT2D eigenvalue weighted by Gasteiger charge is -2.26. The van der Waals surface area contributed by atoms with E-state index < -0.39 is 0 Å². The van der Waals surface area contributed by atoms with Gasteiger partial charge >= 0.3 is 5.97 Å². The Balaban J connectivity index is 1.95. The molecule has 3 aromatic carbocycles. The van der Waals surface area contributed by atoms with Crippen molar-refractivity contribution in [2.45, 2.75) is 20.0 Å². The lowest BCUT2D eigenvalue weighted by atomic mass is 9.91. The minimum atomic E-state index is -0.350. The number of para-hydroxylation sites is 1. The van der Waals surface area contributed by atoms with Crippen molar-refractivity contribution in [1.82, 2.24) is 0 Å². The largest absolute Gasteiger partial charge is 0.484 e. The summed E-state index contributed by atoms with van der Waals surface area (Å²) >= 11 is 0. The van der Waals surface area contributed by atoms with E-state index in [1.165, 1.54) is 0 Å². The summed E-state index contributed by atoms with van der Waals surface area (Å²) in [5.74, 6) is 0.382. The highest BCUT2D eigenvalue weighted by Gasteiger charge is 2.26. The van der Waals surface area contributed by atoms with Crippen LogP contribution in [0, 0.1) is 0 Å². The maximum absolute atomic E-state index is 12.9. The minimum absolute atomic E-state index is 0.0594. The molecule has 4 heteroatoms. The quantitative estimate of drug-likeness (QED) is 0.542. The number of esters is 1. The van der Waals surface area contributed by atoms with Gasteiger partial charge in [0.1, 0.15) is 6.10 Å². The van der Waals surface area contributed by atoms with Crippen LogP contribution in [-0.4, -0.2) is 18.7 Å². The molecule has 0 saturated carbocycles. The molecule has 0 aromatic heterocycles. The molecule has 146 valence electrons. The van der Waals surface area contributed by atoms with E-state index in [0.29, 0.717) is 12.2 Å². The van der Waals surface area contributed by atoms with Crippen molar-refractivity contribution >= 4 is 23.4 Å². The number of hydrogen-bond acceptors (Lipinski definition) is 4. The van der Waals surface area contributed by atoms with Crippen LogP contribution in [0.15, 0.2) is 72.8 Å². The molecule has 0 radical (unpaired) electrons. The molecule has 0 saturated heterocycles. The lowest BCUT2D eigenvalue weighted by molar-refractivity contribution is 0.0527. The molecule has 1 heterocycles. The van der Waals surface area contributed by atoms with Crippen LogP contribution >= 0.6 is 0 Å². The normalized spacial score (nSPS) is 14.6. The zero-order chi connectivity index (χ0) is 20.2.